The number of likely N-dealkylation sites (N-methyl/N-ethyl adjacent to an activating group) is 1. The lowest BCUT2D eigenvalue weighted by atomic mass is 10.1. The van der Waals surface area contributed by atoms with Gasteiger partial charge in [0.25, 0.3) is 5.69 Å². The van der Waals surface area contributed by atoms with E-state index >= 15 is 0 Å². The topological polar surface area (TPSA) is 84.7 Å². The first-order chi connectivity index (χ1) is 13.9. The van der Waals surface area contributed by atoms with Gasteiger partial charge in [0.2, 0.25) is 5.91 Å². The highest BCUT2D eigenvalue weighted by atomic mass is 16.6. The maximum atomic E-state index is 12.6. The zero-order valence-electron chi connectivity index (χ0n) is 16.6. The van der Waals surface area contributed by atoms with Gasteiger partial charge in [0.1, 0.15) is 11.4 Å². The molecule has 1 atom stereocenters. The number of hydrogen-bond acceptors (Lipinski definition) is 5. The van der Waals surface area contributed by atoms with E-state index in [0.29, 0.717) is 6.54 Å². The minimum atomic E-state index is -0.506. The molecule has 0 aliphatic heterocycles. The second-order valence-electron chi connectivity index (χ2n) is 6.90. The minimum Gasteiger partial charge on any atom is -0.497 e. The Morgan fingerprint density at radius 2 is 1.83 bits per heavy atom. The summed E-state index contributed by atoms with van der Waals surface area (Å²) < 4.78 is 5.25. The summed E-state index contributed by atoms with van der Waals surface area (Å²) in [4.78, 5) is 25.1. The number of fused-ring (bicyclic) bond motifs is 1. The molecular weight excluding hydrogens is 370 g/mol. The molecule has 3 rings (SSSR count). The molecular formula is C22H23N3O4. The van der Waals surface area contributed by atoms with Crippen molar-refractivity contribution in [2.45, 2.75) is 19.5 Å². The van der Waals surface area contributed by atoms with Crippen molar-refractivity contribution in [2.75, 3.05) is 19.5 Å². The number of carbonyl (C=O) groups is 1. The van der Waals surface area contributed by atoms with E-state index in [4.69, 9.17) is 4.74 Å². The molecule has 150 valence electrons. The van der Waals surface area contributed by atoms with Gasteiger partial charge in [-0.05, 0) is 54.6 Å². The molecule has 0 fully saturated rings. The SMILES string of the molecule is COc1ccc2cc(CN(C)[C@@H](C)C(=O)Nc3ccccc3[N+](=O)[O-])ccc2c1. The second kappa shape index (κ2) is 8.70. The molecule has 0 spiro atoms. The Morgan fingerprint density at radius 3 is 2.55 bits per heavy atom. The number of carbonyl (C=O) groups excluding carboxylic acids is 1. The molecule has 1 N–H and O–H groups in total. The van der Waals surface area contributed by atoms with E-state index in [-0.39, 0.29) is 17.3 Å². The van der Waals surface area contributed by atoms with Crippen molar-refractivity contribution in [1.82, 2.24) is 4.90 Å². The number of nitro groups is 1. The van der Waals surface area contributed by atoms with Gasteiger partial charge in [-0.1, -0.05) is 30.3 Å². The van der Waals surface area contributed by atoms with Crippen LogP contribution in [0.3, 0.4) is 0 Å². The summed E-state index contributed by atoms with van der Waals surface area (Å²) in [6, 6.07) is 17.7. The minimum absolute atomic E-state index is 0.124. The number of methoxy groups -OCH3 is 1. The Kier molecular flexibility index (Phi) is 6.09. The zero-order valence-corrected chi connectivity index (χ0v) is 16.6. The van der Waals surface area contributed by atoms with Gasteiger partial charge in [-0.15, -0.1) is 0 Å². The Hall–Kier alpha value is -3.45. The van der Waals surface area contributed by atoms with E-state index in [9.17, 15) is 14.9 Å². The standard InChI is InChI=1S/C22H23N3O4/c1-15(22(26)23-20-6-4-5-7-21(20)25(27)28)24(2)14-16-8-9-18-13-19(29-3)11-10-17(18)12-16/h4-13,15H,14H2,1-3H3,(H,23,26)/t15-/m0/s1. The number of hydrogen-bond donors (Lipinski definition) is 1. The molecule has 0 saturated carbocycles. The third kappa shape index (κ3) is 4.70. The average molecular weight is 393 g/mol. The van der Waals surface area contributed by atoms with Gasteiger partial charge in [-0.3, -0.25) is 19.8 Å². The van der Waals surface area contributed by atoms with Gasteiger partial charge >= 0.3 is 0 Å². The fraction of sp³-hybridized carbons (Fsp3) is 0.227. The third-order valence-electron chi connectivity index (χ3n) is 4.94. The van der Waals surface area contributed by atoms with Crippen LogP contribution in [0.1, 0.15) is 12.5 Å². The summed E-state index contributed by atoms with van der Waals surface area (Å²) in [5.74, 6) is 0.509. The molecule has 29 heavy (non-hydrogen) atoms. The molecule has 1 amide bonds. The molecule has 0 unspecified atom stereocenters. The number of anilines is 1. The van der Waals surface area contributed by atoms with Crippen LogP contribution in [0.15, 0.2) is 60.7 Å². The second-order valence-corrected chi connectivity index (χ2v) is 6.90. The van der Waals surface area contributed by atoms with Crippen molar-refractivity contribution >= 4 is 28.1 Å². The van der Waals surface area contributed by atoms with Crippen LogP contribution in [0.4, 0.5) is 11.4 Å². The molecule has 0 bridgehead atoms. The predicted octanol–water partition coefficient (Wildman–Crippen LogP) is 4.22. The highest BCUT2D eigenvalue weighted by molar-refractivity contribution is 5.96. The van der Waals surface area contributed by atoms with Crippen LogP contribution in [0.2, 0.25) is 0 Å². The van der Waals surface area contributed by atoms with Crippen molar-refractivity contribution in [1.29, 1.82) is 0 Å². The molecule has 3 aromatic carbocycles. The number of benzene rings is 3. The van der Waals surface area contributed by atoms with Crippen molar-refractivity contribution in [3.63, 3.8) is 0 Å². The molecule has 7 heteroatoms. The third-order valence-corrected chi connectivity index (χ3v) is 4.94. The Bertz CT molecular complexity index is 1050. The molecule has 0 heterocycles. The number of rotatable bonds is 7. The summed E-state index contributed by atoms with van der Waals surface area (Å²) in [5.41, 5.74) is 1.14. The molecule has 0 aliphatic carbocycles. The van der Waals surface area contributed by atoms with E-state index < -0.39 is 11.0 Å². The van der Waals surface area contributed by atoms with Crippen molar-refractivity contribution in [3.05, 3.63) is 76.3 Å². The number of ether oxygens (including phenoxy) is 1. The van der Waals surface area contributed by atoms with Crippen LogP contribution >= 0.6 is 0 Å². The molecule has 0 aromatic heterocycles. The van der Waals surface area contributed by atoms with Crippen LogP contribution < -0.4 is 10.1 Å². The van der Waals surface area contributed by atoms with Crippen LogP contribution in [0.25, 0.3) is 10.8 Å². The summed E-state index contributed by atoms with van der Waals surface area (Å²) in [6.45, 7) is 2.34. The normalized spacial score (nSPS) is 12.0. The molecule has 0 radical (unpaired) electrons. The first kappa shape index (κ1) is 20.3. The number of nitrogens with one attached hydrogen (secondary N) is 1. The average Bonchev–Trinajstić information content (AvgIpc) is 2.72. The fourth-order valence-electron chi connectivity index (χ4n) is 3.10. The Balaban J connectivity index is 1.70. The largest absolute Gasteiger partial charge is 0.497 e. The lowest BCUT2D eigenvalue weighted by Crippen LogP contribution is -2.39. The van der Waals surface area contributed by atoms with Crippen molar-refractivity contribution in [2.24, 2.45) is 0 Å². The first-order valence-corrected chi connectivity index (χ1v) is 9.20. The summed E-state index contributed by atoms with van der Waals surface area (Å²) in [6.07, 6.45) is 0. The number of nitrogens with zero attached hydrogens (tertiary/aromatic N) is 2. The fourth-order valence-corrected chi connectivity index (χ4v) is 3.10. The Morgan fingerprint density at radius 1 is 1.14 bits per heavy atom. The summed E-state index contributed by atoms with van der Waals surface area (Å²) in [5, 5.41) is 16.0. The highest BCUT2D eigenvalue weighted by Gasteiger charge is 2.21. The predicted molar refractivity (Wildman–Crippen MR) is 113 cm³/mol. The van der Waals surface area contributed by atoms with Crippen LogP contribution in [0, 0.1) is 10.1 Å². The van der Waals surface area contributed by atoms with E-state index in [2.05, 4.69) is 11.4 Å². The molecule has 3 aromatic rings. The number of para-hydroxylation sites is 2. The quantitative estimate of drug-likeness (QED) is 0.480. The van der Waals surface area contributed by atoms with Crippen molar-refractivity contribution < 1.29 is 14.5 Å². The van der Waals surface area contributed by atoms with Crippen molar-refractivity contribution in [3.8, 4) is 5.75 Å². The van der Waals surface area contributed by atoms with E-state index in [1.807, 2.05) is 42.3 Å². The van der Waals surface area contributed by atoms with E-state index in [1.165, 1.54) is 12.1 Å². The van der Waals surface area contributed by atoms with E-state index in [0.717, 1.165) is 22.1 Å². The maximum absolute atomic E-state index is 12.6. The van der Waals surface area contributed by atoms with Gasteiger partial charge in [0.15, 0.2) is 0 Å². The number of nitro benzene ring substituents is 1. The smallest absolute Gasteiger partial charge is 0.292 e. The van der Waals surface area contributed by atoms with Gasteiger partial charge in [-0.2, -0.15) is 0 Å². The van der Waals surface area contributed by atoms with Crippen LogP contribution in [-0.4, -0.2) is 35.9 Å². The zero-order chi connectivity index (χ0) is 21.0. The van der Waals surface area contributed by atoms with E-state index in [1.54, 1.807) is 26.2 Å². The lowest BCUT2D eigenvalue weighted by Gasteiger charge is -2.24. The van der Waals surface area contributed by atoms with Gasteiger partial charge in [0, 0.05) is 12.6 Å². The van der Waals surface area contributed by atoms with Gasteiger partial charge in [-0.25, -0.2) is 0 Å². The summed E-state index contributed by atoms with van der Waals surface area (Å²) in [7, 11) is 3.49. The van der Waals surface area contributed by atoms with Gasteiger partial charge < -0.3 is 10.1 Å². The summed E-state index contributed by atoms with van der Waals surface area (Å²) >= 11 is 0. The van der Waals surface area contributed by atoms with Crippen LogP contribution in [-0.2, 0) is 11.3 Å². The van der Waals surface area contributed by atoms with Crippen LogP contribution in [0.5, 0.6) is 5.75 Å². The Labute approximate surface area is 169 Å². The molecule has 0 aliphatic rings. The molecule has 0 saturated heterocycles. The highest BCUT2D eigenvalue weighted by Crippen LogP contribution is 2.24. The lowest BCUT2D eigenvalue weighted by molar-refractivity contribution is -0.383. The maximum Gasteiger partial charge on any atom is 0.292 e. The van der Waals surface area contributed by atoms with Gasteiger partial charge in [0.05, 0.1) is 18.1 Å². The first-order valence-electron chi connectivity index (χ1n) is 9.20. The molecule has 7 nitrogen and oxygen atoms in total. The number of amides is 1. The monoisotopic (exact) mass is 393 g/mol.